The number of piperazine rings is 1. The first-order chi connectivity index (χ1) is 10.1. The predicted molar refractivity (Wildman–Crippen MR) is 88.3 cm³/mol. The highest BCUT2D eigenvalue weighted by Crippen LogP contribution is 2.10. The van der Waals surface area contributed by atoms with Crippen LogP contribution < -0.4 is 11.1 Å². The van der Waals surface area contributed by atoms with E-state index in [4.69, 9.17) is 5.73 Å². The van der Waals surface area contributed by atoms with Crippen LogP contribution in [-0.2, 0) is 4.79 Å². The number of nitrogens with two attached hydrogens (primary N) is 1. The number of carbonyl (C=O) groups excluding carboxylic acids is 1. The molecular weight excluding hydrogens is 264 g/mol. The number of hydrogen-bond donors (Lipinski definition) is 2. The van der Waals surface area contributed by atoms with Crippen LogP contribution >= 0.6 is 0 Å². The molecule has 1 amide bonds. The molecule has 0 bridgehead atoms. The third-order valence-electron chi connectivity index (χ3n) is 4.54. The Kier molecular flexibility index (Phi) is 8.88. The van der Waals surface area contributed by atoms with Crippen LogP contribution in [0.15, 0.2) is 0 Å². The predicted octanol–water partition coefficient (Wildman–Crippen LogP) is 1.04. The van der Waals surface area contributed by atoms with Crippen molar-refractivity contribution in [3.05, 3.63) is 0 Å². The van der Waals surface area contributed by atoms with Gasteiger partial charge in [0.05, 0.1) is 6.54 Å². The Morgan fingerprint density at radius 3 is 2.24 bits per heavy atom. The molecule has 3 N–H and O–H groups in total. The molecule has 1 heterocycles. The zero-order valence-electron chi connectivity index (χ0n) is 14.1. The van der Waals surface area contributed by atoms with Gasteiger partial charge in [-0.1, -0.05) is 27.2 Å². The molecule has 1 unspecified atom stereocenters. The molecule has 0 aliphatic carbocycles. The fourth-order valence-electron chi connectivity index (χ4n) is 3.04. The molecule has 0 aromatic rings. The minimum Gasteiger partial charge on any atom is -0.352 e. The van der Waals surface area contributed by atoms with E-state index in [0.29, 0.717) is 18.6 Å². The fraction of sp³-hybridized carbons (Fsp3) is 0.938. The summed E-state index contributed by atoms with van der Waals surface area (Å²) in [4.78, 5) is 16.8. The van der Waals surface area contributed by atoms with Crippen LogP contribution in [-0.4, -0.2) is 67.1 Å². The monoisotopic (exact) mass is 298 g/mol. The zero-order chi connectivity index (χ0) is 15.7. The minimum atomic E-state index is 0.168. The van der Waals surface area contributed by atoms with Gasteiger partial charge in [-0.2, -0.15) is 0 Å². The van der Waals surface area contributed by atoms with E-state index in [1.54, 1.807) is 0 Å². The second-order valence-electron chi connectivity index (χ2n) is 6.07. The quantitative estimate of drug-likeness (QED) is 0.667. The van der Waals surface area contributed by atoms with Gasteiger partial charge in [0.15, 0.2) is 0 Å². The van der Waals surface area contributed by atoms with Crippen molar-refractivity contribution < 1.29 is 4.79 Å². The molecular formula is C16H34N4O. The average Bonchev–Trinajstić information content (AvgIpc) is 2.51. The zero-order valence-corrected chi connectivity index (χ0v) is 14.1. The number of rotatable bonds is 9. The summed E-state index contributed by atoms with van der Waals surface area (Å²) in [5.41, 5.74) is 5.87. The lowest BCUT2D eigenvalue weighted by Crippen LogP contribution is -2.54. The maximum atomic E-state index is 12.0. The number of nitrogens with zero attached hydrogens (tertiary/aromatic N) is 2. The number of carbonyl (C=O) groups is 1. The van der Waals surface area contributed by atoms with E-state index in [9.17, 15) is 4.79 Å². The van der Waals surface area contributed by atoms with Crippen LogP contribution in [0.5, 0.6) is 0 Å². The lowest BCUT2D eigenvalue weighted by Gasteiger charge is -2.38. The van der Waals surface area contributed by atoms with Crippen molar-refractivity contribution in [1.82, 2.24) is 15.1 Å². The van der Waals surface area contributed by atoms with Gasteiger partial charge in [-0.15, -0.1) is 0 Å². The Balaban J connectivity index is 2.31. The van der Waals surface area contributed by atoms with Gasteiger partial charge in [0.1, 0.15) is 0 Å². The molecule has 1 aliphatic heterocycles. The third-order valence-corrected chi connectivity index (χ3v) is 4.54. The van der Waals surface area contributed by atoms with Crippen LogP contribution in [0.2, 0.25) is 0 Å². The Hall–Kier alpha value is -0.650. The van der Waals surface area contributed by atoms with Crippen molar-refractivity contribution in [2.45, 2.75) is 58.5 Å². The maximum Gasteiger partial charge on any atom is 0.234 e. The molecule has 1 aliphatic rings. The molecule has 124 valence electrons. The van der Waals surface area contributed by atoms with E-state index >= 15 is 0 Å². The van der Waals surface area contributed by atoms with Crippen LogP contribution in [0.3, 0.4) is 0 Å². The van der Waals surface area contributed by atoms with Crippen molar-refractivity contribution in [3.8, 4) is 0 Å². The smallest absolute Gasteiger partial charge is 0.234 e. The van der Waals surface area contributed by atoms with E-state index < -0.39 is 0 Å². The van der Waals surface area contributed by atoms with Crippen LogP contribution in [0, 0.1) is 0 Å². The van der Waals surface area contributed by atoms with Crippen LogP contribution in [0.1, 0.15) is 46.5 Å². The lowest BCUT2D eigenvalue weighted by atomic mass is 10.1. The summed E-state index contributed by atoms with van der Waals surface area (Å²) in [6.45, 7) is 11.7. The summed E-state index contributed by atoms with van der Waals surface area (Å²) in [5, 5.41) is 3.11. The van der Waals surface area contributed by atoms with Gasteiger partial charge in [-0.25, -0.2) is 0 Å². The van der Waals surface area contributed by atoms with Crippen molar-refractivity contribution in [2.75, 3.05) is 39.3 Å². The van der Waals surface area contributed by atoms with Crippen LogP contribution in [0.25, 0.3) is 0 Å². The molecule has 0 saturated carbocycles. The SMILES string of the molecule is CCCC(CN)N1CCN(CC(=O)NC(CC)CC)CC1. The van der Waals surface area contributed by atoms with E-state index in [0.717, 1.165) is 45.6 Å². The molecule has 0 radical (unpaired) electrons. The van der Waals surface area contributed by atoms with Gasteiger partial charge in [-0.3, -0.25) is 14.6 Å². The standard InChI is InChI=1S/C16H34N4O/c1-4-7-15(12-17)20-10-8-19(9-11-20)13-16(21)18-14(5-2)6-3/h14-15H,4-13,17H2,1-3H3,(H,18,21). The van der Waals surface area contributed by atoms with Crippen molar-refractivity contribution >= 4 is 5.91 Å². The highest BCUT2D eigenvalue weighted by atomic mass is 16.2. The number of nitrogens with one attached hydrogen (secondary N) is 1. The molecule has 0 aromatic heterocycles. The van der Waals surface area contributed by atoms with Gasteiger partial charge in [0.2, 0.25) is 5.91 Å². The molecule has 5 nitrogen and oxygen atoms in total. The molecule has 0 aromatic carbocycles. The fourth-order valence-corrected chi connectivity index (χ4v) is 3.04. The van der Waals surface area contributed by atoms with Crippen molar-refractivity contribution in [3.63, 3.8) is 0 Å². The third kappa shape index (κ3) is 6.32. The summed E-state index contributed by atoms with van der Waals surface area (Å²) in [5.74, 6) is 0.168. The largest absolute Gasteiger partial charge is 0.352 e. The second kappa shape index (κ2) is 10.1. The van der Waals surface area contributed by atoms with Crippen molar-refractivity contribution in [2.24, 2.45) is 5.73 Å². The second-order valence-corrected chi connectivity index (χ2v) is 6.07. The van der Waals surface area contributed by atoms with E-state index in [2.05, 4.69) is 35.9 Å². The minimum absolute atomic E-state index is 0.168. The van der Waals surface area contributed by atoms with Gasteiger partial charge in [0, 0.05) is 44.8 Å². The van der Waals surface area contributed by atoms with E-state index in [1.165, 1.54) is 12.8 Å². The summed E-state index contributed by atoms with van der Waals surface area (Å²) in [7, 11) is 0. The van der Waals surface area contributed by atoms with Gasteiger partial charge in [0.25, 0.3) is 0 Å². The maximum absolute atomic E-state index is 12.0. The Morgan fingerprint density at radius 2 is 1.76 bits per heavy atom. The van der Waals surface area contributed by atoms with E-state index in [-0.39, 0.29) is 5.91 Å². The molecule has 1 atom stereocenters. The van der Waals surface area contributed by atoms with Crippen LogP contribution in [0.4, 0.5) is 0 Å². The summed E-state index contributed by atoms with van der Waals surface area (Å²) >= 11 is 0. The molecule has 0 spiro atoms. The van der Waals surface area contributed by atoms with Crippen molar-refractivity contribution in [1.29, 1.82) is 0 Å². The molecule has 5 heteroatoms. The first-order valence-electron chi connectivity index (χ1n) is 8.60. The lowest BCUT2D eigenvalue weighted by molar-refractivity contribution is -0.123. The van der Waals surface area contributed by atoms with E-state index in [1.807, 2.05) is 0 Å². The molecule has 21 heavy (non-hydrogen) atoms. The first-order valence-corrected chi connectivity index (χ1v) is 8.60. The molecule has 1 rings (SSSR count). The summed E-state index contributed by atoms with van der Waals surface area (Å²) < 4.78 is 0. The number of amides is 1. The highest BCUT2D eigenvalue weighted by molar-refractivity contribution is 5.78. The Labute approximate surface area is 130 Å². The Morgan fingerprint density at radius 1 is 1.14 bits per heavy atom. The molecule has 1 saturated heterocycles. The normalized spacial score (nSPS) is 18.9. The van der Waals surface area contributed by atoms with Gasteiger partial charge < -0.3 is 11.1 Å². The van der Waals surface area contributed by atoms with Gasteiger partial charge >= 0.3 is 0 Å². The number of hydrogen-bond acceptors (Lipinski definition) is 4. The molecule has 1 fully saturated rings. The summed E-state index contributed by atoms with van der Waals surface area (Å²) in [6.07, 6.45) is 4.36. The summed E-state index contributed by atoms with van der Waals surface area (Å²) in [6, 6.07) is 0.834. The first kappa shape index (κ1) is 18.4. The van der Waals surface area contributed by atoms with Gasteiger partial charge in [-0.05, 0) is 19.3 Å². The highest BCUT2D eigenvalue weighted by Gasteiger charge is 2.23. The Bertz CT molecular complexity index is 286. The topological polar surface area (TPSA) is 61.6 Å². The average molecular weight is 298 g/mol.